The number of nitrogens with zero attached hydrogens (tertiary/aromatic N) is 1. The van der Waals surface area contributed by atoms with Gasteiger partial charge in [0.1, 0.15) is 0 Å². The average Bonchev–Trinajstić information content (AvgIpc) is 2.89. The number of aliphatic imine (C=N–C) groups is 1. The van der Waals surface area contributed by atoms with Crippen molar-refractivity contribution in [3.8, 4) is 0 Å². The molecule has 0 saturated carbocycles. The molecule has 0 heterocycles. The van der Waals surface area contributed by atoms with Crippen LogP contribution in [0.2, 0.25) is 0 Å². The maximum absolute atomic E-state index is 13.7. The van der Waals surface area contributed by atoms with Crippen LogP contribution in [-0.4, -0.2) is 11.5 Å². The first-order valence-electron chi connectivity index (χ1n) is 12.2. The van der Waals surface area contributed by atoms with Gasteiger partial charge in [-0.1, -0.05) is 104 Å². The van der Waals surface area contributed by atoms with Crippen LogP contribution in [0.15, 0.2) is 120 Å². The van der Waals surface area contributed by atoms with E-state index in [1.54, 1.807) is 0 Å². The quantitative estimate of drug-likeness (QED) is 0.146. The molecular weight excluding hydrogens is 457 g/mol. The Morgan fingerprint density at radius 1 is 0.750 bits per heavy atom. The predicted molar refractivity (Wildman–Crippen MR) is 156 cm³/mol. The molecule has 0 amide bonds. The molecule has 2 nitrogen and oxygen atoms in total. The molecule has 0 aliphatic rings. The minimum atomic E-state index is -0.827. The largest absolute Gasteiger partial charge is 0.293 e. The van der Waals surface area contributed by atoms with Gasteiger partial charge in [0.25, 0.3) is 0 Å². The molecule has 4 aromatic rings. The standard InChI is InChI=1S/C33H32NOP/c1-23(2)32(26(5)33(35)31-24(3)15-14-16-25(31)4)34-29-21-12-13-22-30(29)36(27-17-8-6-9-18-27)28-19-10-7-11-20-28/h6-22,26H,1H2,2-5H3. The molecular formula is C33H32NOP. The summed E-state index contributed by atoms with van der Waals surface area (Å²) < 4.78 is 0. The summed E-state index contributed by atoms with van der Waals surface area (Å²) in [5, 5.41) is 3.69. The Labute approximate surface area is 216 Å². The van der Waals surface area contributed by atoms with Crippen molar-refractivity contribution < 1.29 is 4.79 Å². The first kappa shape index (κ1) is 25.5. The lowest BCUT2D eigenvalue weighted by atomic mass is 9.87. The monoisotopic (exact) mass is 489 g/mol. The molecule has 4 aromatic carbocycles. The van der Waals surface area contributed by atoms with Crippen LogP contribution in [0.4, 0.5) is 5.69 Å². The van der Waals surface area contributed by atoms with Crippen LogP contribution in [0.3, 0.4) is 0 Å². The third-order valence-corrected chi connectivity index (χ3v) is 8.85. The van der Waals surface area contributed by atoms with Crippen molar-refractivity contribution >= 4 is 41.0 Å². The summed E-state index contributed by atoms with van der Waals surface area (Å²) >= 11 is 0. The molecule has 0 bridgehead atoms. The maximum atomic E-state index is 13.7. The molecule has 1 unspecified atom stereocenters. The van der Waals surface area contributed by atoms with E-state index in [0.29, 0.717) is 0 Å². The van der Waals surface area contributed by atoms with Gasteiger partial charge in [0.15, 0.2) is 5.78 Å². The van der Waals surface area contributed by atoms with Gasteiger partial charge in [-0.15, -0.1) is 0 Å². The lowest BCUT2D eigenvalue weighted by Crippen LogP contribution is -2.24. The van der Waals surface area contributed by atoms with E-state index in [-0.39, 0.29) is 5.78 Å². The second-order valence-electron chi connectivity index (χ2n) is 9.13. The van der Waals surface area contributed by atoms with Gasteiger partial charge in [-0.3, -0.25) is 9.79 Å². The van der Waals surface area contributed by atoms with Crippen molar-refractivity contribution in [1.29, 1.82) is 0 Å². The van der Waals surface area contributed by atoms with E-state index in [4.69, 9.17) is 4.99 Å². The molecule has 3 heteroatoms. The smallest absolute Gasteiger partial charge is 0.172 e. The minimum absolute atomic E-state index is 0.0817. The summed E-state index contributed by atoms with van der Waals surface area (Å²) in [5.74, 6) is -0.326. The van der Waals surface area contributed by atoms with Crippen LogP contribution < -0.4 is 15.9 Å². The summed E-state index contributed by atoms with van der Waals surface area (Å²) in [5.41, 5.74) is 5.18. The lowest BCUT2D eigenvalue weighted by molar-refractivity contribution is 0.0960. The van der Waals surface area contributed by atoms with Gasteiger partial charge < -0.3 is 0 Å². The second-order valence-corrected chi connectivity index (χ2v) is 11.3. The first-order chi connectivity index (χ1) is 17.4. The number of hydrogen-bond acceptors (Lipinski definition) is 2. The molecule has 0 aliphatic heterocycles. The van der Waals surface area contributed by atoms with Gasteiger partial charge >= 0.3 is 0 Å². The van der Waals surface area contributed by atoms with Crippen LogP contribution in [0.1, 0.15) is 35.3 Å². The van der Waals surface area contributed by atoms with E-state index in [9.17, 15) is 4.79 Å². The number of rotatable bonds is 8. The number of allylic oxidation sites excluding steroid dienone is 1. The highest BCUT2D eigenvalue weighted by molar-refractivity contribution is 7.80. The molecule has 4 rings (SSSR count). The number of aryl methyl sites for hydroxylation is 2. The predicted octanol–water partition coefficient (Wildman–Crippen LogP) is 7.23. The molecule has 0 saturated heterocycles. The Hall–Kier alpha value is -3.61. The van der Waals surface area contributed by atoms with Crippen LogP contribution >= 0.6 is 7.92 Å². The van der Waals surface area contributed by atoms with Gasteiger partial charge in [-0.2, -0.15) is 0 Å². The zero-order valence-electron chi connectivity index (χ0n) is 21.4. The van der Waals surface area contributed by atoms with Crippen LogP contribution in [0.25, 0.3) is 0 Å². The highest BCUT2D eigenvalue weighted by Gasteiger charge is 2.25. The fourth-order valence-corrected chi connectivity index (χ4v) is 6.95. The molecule has 0 radical (unpaired) electrons. The maximum Gasteiger partial charge on any atom is 0.172 e. The number of carbonyl (C=O) groups excluding carboxylic acids is 1. The van der Waals surface area contributed by atoms with E-state index in [2.05, 4.69) is 73.3 Å². The average molecular weight is 490 g/mol. The first-order valence-corrected chi connectivity index (χ1v) is 13.6. The van der Waals surface area contributed by atoms with Crippen LogP contribution in [-0.2, 0) is 0 Å². The fraction of sp³-hybridized carbons (Fsp3) is 0.152. The summed E-state index contributed by atoms with van der Waals surface area (Å²) in [6.07, 6.45) is 0. The van der Waals surface area contributed by atoms with Gasteiger partial charge in [0.2, 0.25) is 0 Å². The number of hydrogen-bond donors (Lipinski definition) is 0. The molecule has 0 aromatic heterocycles. The summed E-state index contributed by atoms with van der Waals surface area (Å²) in [7, 11) is -0.827. The highest BCUT2D eigenvalue weighted by Crippen LogP contribution is 2.37. The third kappa shape index (κ3) is 5.45. The summed E-state index contributed by atoms with van der Waals surface area (Å²) in [4.78, 5) is 18.8. The lowest BCUT2D eigenvalue weighted by Gasteiger charge is -2.22. The Morgan fingerprint density at radius 2 is 1.25 bits per heavy atom. The van der Waals surface area contributed by atoms with Crippen molar-refractivity contribution in [3.63, 3.8) is 0 Å². The Morgan fingerprint density at radius 3 is 1.78 bits per heavy atom. The van der Waals surface area contributed by atoms with Gasteiger partial charge in [-0.05, 0) is 69.0 Å². The summed E-state index contributed by atoms with van der Waals surface area (Å²) in [6, 6.07) is 35.5. The Kier molecular flexibility index (Phi) is 8.08. The summed E-state index contributed by atoms with van der Waals surface area (Å²) in [6.45, 7) is 12.1. The SMILES string of the molecule is C=C(C)C(=Nc1ccccc1P(c1ccccc1)c1ccccc1)C(C)C(=O)c1c(C)cccc1C. The minimum Gasteiger partial charge on any atom is -0.293 e. The van der Waals surface area contributed by atoms with Crippen molar-refractivity contribution in [1.82, 2.24) is 0 Å². The molecule has 0 N–H and O–H groups in total. The van der Waals surface area contributed by atoms with Crippen molar-refractivity contribution in [3.05, 3.63) is 132 Å². The molecule has 36 heavy (non-hydrogen) atoms. The van der Waals surface area contributed by atoms with Crippen LogP contribution in [0.5, 0.6) is 0 Å². The number of para-hydroxylation sites is 1. The molecule has 1 atom stereocenters. The fourth-order valence-electron chi connectivity index (χ4n) is 4.56. The van der Waals surface area contributed by atoms with Gasteiger partial charge in [0.05, 0.1) is 17.3 Å². The van der Waals surface area contributed by atoms with E-state index in [0.717, 1.165) is 39.0 Å². The normalized spacial score (nSPS) is 12.4. The Bertz CT molecular complexity index is 1350. The number of benzene rings is 4. The number of ketones is 1. The molecule has 0 spiro atoms. The van der Waals surface area contributed by atoms with E-state index < -0.39 is 13.8 Å². The molecule has 0 fully saturated rings. The zero-order valence-corrected chi connectivity index (χ0v) is 22.3. The van der Waals surface area contributed by atoms with Crippen molar-refractivity contribution in [2.24, 2.45) is 10.9 Å². The third-order valence-electron chi connectivity index (χ3n) is 6.36. The topological polar surface area (TPSA) is 29.4 Å². The zero-order chi connectivity index (χ0) is 25.7. The van der Waals surface area contributed by atoms with Gasteiger partial charge in [0, 0.05) is 10.9 Å². The number of carbonyl (C=O) groups is 1. The number of Topliss-reactive ketones (excluding diaryl/α,β-unsaturated/α-hetero) is 1. The Balaban J connectivity index is 1.84. The van der Waals surface area contributed by atoms with E-state index >= 15 is 0 Å². The van der Waals surface area contributed by atoms with E-state index in [1.807, 2.05) is 64.1 Å². The second kappa shape index (κ2) is 11.4. The van der Waals surface area contributed by atoms with Crippen LogP contribution in [0, 0.1) is 19.8 Å². The van der Waals surface area contributed by atoms with Crippen molar-refractivity contribution in [2.75, 3.05) is 0 Å². The van der Waals surface area contributed by atoms with E-state index in [1.165, 1.54) is 10.6 Å². The molecule has 0 aliphatic carbocycles. The van der Waals surface area contributed by atoms with Gasteiger partial charge in [-0.25, -0.2) is 0 Å². The highest BCUT2D eigenvalue weighted by atomic mass is 31.1. The molecule has 180 valence electrons. The van der Waals surface area contributed by atoms with Crippen molar-refractivity contribution in [2.45, 2.75) is 27.7 Å².